The summed E-state index contributed by atoms with van der Waals surface area (Å²) in [5.74, 6) is -1.19. The molecule has 0 aliphatic carbocycles. The molecule has 1 saturated heterocycles. The first-order chi connectivity index (χ1) is 13.8. The van der Waals surface area contributed by atoms with Crippen LogP contribution in [-0.4, -0.2) is 46.9 Å². The van der Waals surface area contributed by atoms with Gasteiger partial charge in [0.1, 0.15) is 12.0 Å². The van der Waals surface area contributed by atoms with Crippen molar-refractivity contribution in [3.63, 3.8) is 0 Å². The van der Waals surface area contributed by atoms with E-state index in [1.54, 1.807) is 13.2 Å². The fraction of sp³-hybridized carbons (Fsp3) is 0.529. The van der Waals surface area contributed by atoms with Gasteiger partial charge in [-0.05, 0) is 31.2 Å². The molecule has 1 aromatic carbocycles. The molecule has 1 aliphatic rings. The first-order valence-corrected chi connectivity index (χ1v) is 11.6. The Morgan fingerprint density at radius 1 is 1.38 bits per heavy atom. The molecule has 0 saturated carbocycles. The van der Waals surface area contributed by atoms with Crippen molar-refractivity contribution in [1.82, 2.24) is 4.67 Å². The molecule has 0 radical (unpaired) electrons. The Morgan fingerprint density at radius 3 is 2.66 bits per heavy atom. The number of hydrogen-bond acceptors (Lipinski definition) is 8. The Balaban J connectivity index is 1.96. The SMILES string of the molecule is CCOP(=O)(OCCC(=O)OCc1ccccc1)N1C(=O)C(C)(N=[N+]=[N-])C1SC. The third-order valence-electron chi connectivity index (χ3n) is 4.18. The second kappa shape index (κ2) is 10.1. The summed E-state index contributed by atoms with van der Waals surface area (Å²) in [4.78, 5) is 27.2. The number of rotatable bonds is 11. The van der Waals surface area contributed by atoms with Crippen molar-refractivity contribution in [2.75, 3.05) is 19.5 Å². The van der Waals surface area contributed by atoms with Crippen LogP contribution in [0.5, 0.6) is 0 Å². The van der Waals surface area contributed by atoms with E-state index in [4.69, 9.17) is 19.3 Å². The number of hydrogen-bond donors (Lipinski definition) is 0. The second-order valence-corrected chi connectivity index (χ2v) is 8.99. The summed E-state index contributed by atoms with van der Waals surface area (Å²) in [6.45, 7) is 2.96. The van der Waals surface area contributed by atoms with Crippen molar-refractivity contribution in [3.05, 3.63) is 46.3 Å². The third kappa shape index (κ3) is 5.12. The highest BCUT2D eigenvalue weighted by molar-refractivity contribution is 7.99. The molecule has 2 rings (SSSR count). The zero-order chi connectivity index (χ0) is 21.5. The van der Waals surface area contributed by atoms with Gasteiger partial charge in [-0.1, -0.05) is 35.4 Å². The lowest BCUT2D eigenvalue weighted by Crippen LogP contribution is -2.68. The molecule has 0 aromatic heterocycles. The van der Waals surface area contributed by atoms with Crippen LogP contribution in [0.25, 0.3) is 10.4 Å². The zero-order valence-electron chi connectivity index (χ0n) is 16.4. The molecule has 1 amide bonds. The summed E-state index contributed by atoms with van der Waals surface area (Å²) in [6.07, 6.45) is 1.52. The average molecular weight is 442 g/mol. The van der Waals surface area contributed by atoms with Crippen molar-refractivity contribution in [2.24, 2.45) is 5.11 Å². The van der Waals surface area contributed by atoms with Crippen molar-refractivity contribution in [2.45, 2.75) is 37.8 Å². The fourth-order valence-corrected chi connectivity index (χ4v) is 6.16. The van der Waals surface area contributed by atoms with E-state index < -0.39 is 30.5 Å². The topological polar surface area (TPSA) is 131 Å². The average Bonchev–Trinajstić information content (AvgIpc) is 2.70. The number of β-lactam (4-membered cyclic amide) rings is 1. The van der Waals surface area contributed by atoms with Gasteiger partial charge in [-0.15, -0.1) is 11.8 Å². The molecule has 0 bridgehead atoms. The number of ether oxygens (including phenoxy) is 1. The van der Waals surface area contributed by atoms with Crippen molar-refractivity contribution < 1.29 is 27.9 Å². The van der Waals surface area contributed by atoms with Crippen LogP contribution in [0, 0.1) is 0 Å². The molecule has 1 fully saturated rings. The first-order valence-electron chi connectivity index (χ1n) is 8.84. The molecule has 0 N–H and O–H groups in total. The van der Waals surface area contributed by atoms with Gasteiger partial charge < -0.3 is 4.74 Å². The van der Waals surface area contributed by atoms with Gasteiger partial charge in [-0.25, -0.2) is 9.24 Å². The molecule has 3 atom stereocenters. The molecule has 12 heteroatoms. The normalized spacial score (nSPS) is 22.9. The number of amides is 1. The summed E-state index contributed by atoms with van der Waals surface area (Å²) >= 11 is 1.18. The predicted octanol–water partition coefficient (Wildman–Crippen LogP) is 3.88. The quantitative estimate of drug-likeness (QED) is 0.127. The number of nitrogens with zero attached hydrogens (tertiary/aromatic N) is 4. The molecular weight excluding hydrogens is 419 g/mol. The van der Waals surface area contributed by atoms with Gasteiger partial charge in [0.25, 0.3) is 0 Å². The number of thioether (sulfide) groups is 1. The molecule has 3 unspecified atom stereocenters. The van der Waals surface area contributed by atoms with Crippen molar-refractivity contribution in [1.29, 1.82) is 0 Å². The Hall–Kier alpha value is -2.03. The van der Waals surface area contributed by atoms with Crippen LogP contribution >= 0.6 is 19.5 Å². The van der Waals surface area contributed by atoms with Crippen LogP contribution in [0.4, 0.5) is 0 Å². The number of azide groups is 1. The maximum Gasteiger partial charge on any atom is 0.438 e. The Kier molecular flexibility index (Phi) is 8.13. The second-order valence-electron chi connectivity index (χ2n) is 6.19. The van der Waals surface area contributed by atoms with Crippen LogP contribution < -0.4 is 0 Å². The monoisotopic (exact) mass is 442 g/mol. The maximum atomic E-state index is 13.2. The minimum atomic E-state index is -4.02. The van der Waals surface area contributed by atoms with E-state index in [0.717, 1.165) is 10.2 Å². The zero-order valence-corrected chi connectivity index (χ0v) is 18.1. The van der Waals surface area contributed by atoms with Gasteiger partial charge in [-0.3, -0.25) is 18.6 Å². The minimum Gasteiger partial charge on any atom is -0.461 e. The fourth-order valence-electron chi connectivity index (χ4n) is 2.75. The lowest BCUT2D eigenvalue weighted by Gasteiger charge is -2.51. The van der Waals surface area contributed by atoms with E-state index in [0.29, 0.717) is 0 Å². The van der Waals surface area contributed by atoms with E-state index in [9.17, 15) is 14.2 Å². The Bertz CT molecular complexity index is 834. The van der Waals surface area contributed by atoms with Gasteiger partial charge in [0, 0.05) is 4.91 Å². The van der Waals surface area contributed by atoms with Crippen LogP contribution in [0.2, 0.25) is 0 Å². The molecule has 1 aliphatic heterocycles. The van der Waals surface area contributed by atoms with E-state index in [-0.39, 0.29) is 26.2 Å². The third-order valence-corrected chi connectivity index (χ3v) is 7.49. The molecule has 29 heavy (non-hydrogen) atoms. The van der Waals surface area contributed by atoms with E-state index in [1.807, 2.05) is 30.3 Å². The van der Waals surface area contributed by atoms with Crippen LogP contribution in [0.3, 0.4) is 0 Å². The van der Waals surface area contributed by atoms with Crippen LogP contribution in [0.15, 0.2) is 35.4 Å². The summed E-state index contributed by atoms with van der Waals surface area (Å²) in [6, 6.07) is 9.18. The van der Waals surface area contributed by atoms with E-state index in [1.165, 1.54) is 18.7 Å². The number of carbonyl (C=O) groups is 2. The highest BCUT2D eigenvalue weighted by Gasteiger charge is 2.64. The van der Waals surface area contributed by atoms with Gasteiger partial charge in [0.05, 0.1) is 19.6 Å². The summed E-state index contributed by atoms with van der Waals surface area (Å²) < 4.78 is 29.9. The largest absolute Gasteiger partial charge is 0.461 e. The maximum absolute atomic E-state index is 13.2. The minimum absolute atomic E-state index is 0.0266. The van der Waals surface area contributed by atoms with E-state index >= 15 is 0 Å². The Labute approximate surface area is 173 Å². The lowest BCUT2D eigenvalue weighted by atomic mass is 9.95. The van der Waals surface area contributed by atoms with E-state index in [2.05, 4.69) is 10.0 Å². The van der Waals surface area contributed by atoms with Crippen molar-refractivity contribution >= 4 is 31.4 Å². The summed E-state index contributed by atoms with van der Waals surface area (Å²) in [7, 11) is -4.02. The molecule has 1 heterocycles. The molecule has 158 valence electrons. The smallest absolute Gasteiger partial charge is 0.438 e. The van der Waals surface area contributed by atoms with Crippen LogP contribution in [-0.2, 0) is 34.5 Å². The van der Waals surface area contributed by atoms with Crippen LogP contribution in [0.1, 0.15) is 25.8 Å². The summed E-state index contributed by atoms with van der Waals surface area (Å²) in [5, 5.41) is 2.83. The number of esters is 1. The van der Waals surface area contributed by atoms with Gasteiger partial charge in [-0.2, -0.15) is 0 Å². The summed E-state index contributed by atoms with van der Waals surface area (Å²) in [5.41, 5.74) is 8.19. The van der Waals surface area contributed by atoms with Gasteiger partial charge >= 0.3 is 13.7 Å². The first kappa shape index (κ1) is 23.3. The standard InChI is InChI=1S/C17H23N4O6PS/c1-4-26-28(24,21-15(23)17(2,19-20-18)16(21)29-3)27-11-10-14(22)25-12-13-8-6-5-7-9-13/h5-9,16H,4,10-12H2,1-3H3. The molecule has 10 nitrogen and oxygen atoms in total. The highest BCUT2D eigenvalue weighted by Crippen LogP contribution is 2.62. The van der Waals surface area contributed by atoms with Gasteiger partial charge in [0.2, 0.25) is 5.91 Å². The lowest BCUT2D eigenvalue weighted by molar-refractivity contribution is -0.146. The molecule has 1 aromatic rings. The van der Waals surface area contributed by atoms with Gasteiger partial charge in [0.15, 0.2) is 5.54 Å². The Morgan fingerprint density at radius 2 is 2.07 bits per heavy atom. The number of benzene rings is 1. The number of carbonyl (C=O) groups excluding carboxylic acids is 2. The molecular formula is C17H23N4O6PS. The predicted molar refractivity (Wildman–Crippen MR) is 108 cm³/mol. The highest BCUT2D eigenvalue weighted by atomic mass is 32.2. The molecule has 0 spiro atoms. The van der Waals surface area contributed by atoms with Crippen molar-refractivity contribution in [3.8, 4) is 0 Å².